The quantitative estimate of drug-likeness (QED) is 0.129. The number of hydrogen-bond donors (Lipinski definition) is 3. The maximum atomic E-state index is 14.1. The third kappa shape index (κ3) is 5.47. The molecule has 8 rings (SSSR count). The molecule has 1 atom stereocenters. The molecule has 2 aliphatic heterocycles. The molecule has 1 saturated carbocycles. The smallest absolute Gasteiger partial charge is 0.182 e. The van der Waals surface area contributed by atoms with E-state index >= 15 is 0 Å². The van der Waals surface area contributed by atoms with Crippen molar-refractivity contribution in [2.75, 3.05) is 29.9 Å². The zero-order valence-electron chi connectivity index (χ0n) is 27.0. The maximum Gasteiger partial charge on any atom is 0.182 e. The molecule has 1 unspecified atom stereocenters. The lowest BCUT2D eigenvalue weighted by Crippen LogP contribution is -2.45. The van der Waals surface area contributed by atoms with E-state index in [1.165, 1.54) is 6.07 Å². The first-order valence-corrected chi connectivity index (χ1v) is 17.0. The number of halogens is 2. The van der Waals surface area contributed by atoms with Gasteiger partial charge in [0.05, 0.1) is 40.8 Å². The van der Waals surface area contributed by atoms with E-state index in [0.29, 0.717) is 89.2 Å². The maximum absolute atomic E-state index is 14.1. The number of anilines is 2. The van der Waals surface area contributed by atoms with E-state index in [0.717, 1.165) is 48.6 Å². The number of amidine groups is 1. The molecule has 2 saturated heterocycles. The Morgan fingerprint density at radius 2 is 1.98 bits per heavy atom. The predicted molar refractivity (Wildman–Crippen MR) is 182 cm³/mol. The number of nitrogens with one attached hydrogen (secondary N) is 2. The molecule has 0 amide bonds. The first kappa shape index (κ1) is 31.1. The van der Waals surface area contributed by atoms with Crippen LogP contribution in [0.1, 0.15) is 75.5 Å². The predicted octanol–water partition coefficient (Wildman–Crippen LogP) is 6.56. The zero-order chi connectivity index (χ0) is 33.2. The molecule has 0 bridgehead atoms. The van der Waals surface area contributed by atoms with Gasteiger partial charge in [-0.3, -0.25) is 15.1 Å². The fourth-order valence-corrected chi connectivity index (χ4v) is 7.05. The van der Waals surface area contributed by atoms with Gasteiger partial charge in [0, 0.05) is 48.3 Å². The second kappa shape index (κ2) is 12.0. The molecule has 0 spiro atoms. The van der Waals surface area contributed by atoms with Crippen molar-refractivity contribution in [3.05, 3.63) is 52.8 Å². The Bertz CT molecular complexity index is 2040. The highest BCUT2D eigenvalue weighted by molar-refractivity contribution is 6.38. The van der Waals surface area contributed by atoms with Crippen LogP contribution in [0.2, 0.25) is 5.02 Å². The van der Waals surface area contributed by atoms with Crippen molar-refractivity contribution in [2.45, 2.75) is 77.7 Å². The van der Waals surface area contributed by atoms with Crippen molar-refractivity contribution in [1.29, 1.82) is 5.41 Å². The molecule has 3 fully saturated rings. The van der Waals surface area contributed by atoms with E-state index < -0.39 is 11.2 Å². The largest absolute Gasteiger partial charge is 0.390 e. The van der Waals surface area contributed by atoms with Crippen LogP contribution >= 0.6 is 11.6 Å². The van der Waals surface area contributed by atoms with Crippen molar-refractivity contribution >= 4 is 51.0 Å². The summed E-state index contributed by atoms with van der Waals surface area (Å²) in [6, 6.07) is 5.70. The van der Waals surface area contributed by atoms with Gasteiger partial charge in [-0.2, -0.15) is 10.2 Å². The molecule has 0 radical (unpaired) electrons. The first-order chi connectivity index (χ1) is 23.2. The Kier molecular flexibility index (Phi) is 7.80. The van der Waals surface area contributed by atoms with E-state index in [2.05, 4.69) is 15.2 Å². The summed E-state index contributed by atoms with van der Waals surface area (Å²) < 4.78 is 24.1. The van der Waals surface area contributed by atoms with E-state index in [-0.39, 0.29) is 12.8 Å². The normalized spacial score (nSPS) is 19.7. The summed E-state index contributed by atoms with van der Waals surface area (Å²) in [5.74, 6) is 0.490. The Hall–Kier alpha value is -4.20. The molecular weight excluding hydrogens is 635 g/mol. The molecule has 5 aromatic rings. The third-order valence-corrected chi connectivity index (χ3v) is 10.4. The van der Waals surface area contributed by atoms with Gasteiger partial charge in [0.15, 0.2) is 17.7 Å². The fourth-order valence-electron chi connectivity index (χ4n) is 6.75. The number of pyridine rings is 1. The summed E-state index contributed by atoms with van der Waals surface area (Å²) in [6.45, 7) is 5.15. The van der Waals surface area contributed by atoms with E-state index in [9.17, 15) is 9.50 Å². The van der Waals surface area contributed by atoms with Crippen LogP contribution < -0.4 is 10.2 Å². The number of aryl methyl sites for hydroxylation is 1. The Labute approximate surface area is 281 Å². The van der Waals surface area contributed by atoms with Gasteiger partial charge < -0.3 is 20.1 Å². The topological polar surface area (TPSA) is 143 Å². The lowest BCUT2D eigenvalue weighted by atomic mass is 9.79. The molecule has 250 valence electrons. The number of hydrogen-bond acceptors (Lipinski definition) is 9. The van der Waals surface area contributed by atoms with Crippen LogP contribution in [0.5, 0.6) is 0 Å². The minimum absolute atomic E-state index is 0.297. The van der Waals surface area contributed by atoms with E-state index in [1.54, 1.807) is 13.1 Å². The van der Waals surface area contributed by atoms with Crippen molar-refractivity contribution < 1.29 is 14.2 Å². The van der Waals surface area contributed by atoms with Crippen LogP contribution in [-0.4, -0.2) is 65.2 Å². The fraction of sp³-hybridized carbons (Fsp3) is 0.471. The average Bonchev–Trinajstić information content (AvgIpc) is 3.75. The second-order valence-corrected chi connectivity index (χ2v) is 13.9. The lowest BCUT2D eigenvalue weighted by Gasteiger charge is -2.40. The molecule has 6 heterocycles. The zero-order valence-corrected chi connectivity index (χ0v) is 27.8. The van der Waals surface area contributed by atoms with Crippen molar-refractivity contribution in [1.82, 2.24) is 34.5 Å². The molecule has 48 heavy (non-hydrogen) atoms. The summed E-state index contributed by atoms with van der Waals surface area (Å²) in [5.41, 5.74) is 4.04. The SMILES string of the molecule is Cc1ncc(NC(=N)C2(C)CCN(c3nc4c(nc3CO)c(-c3ccc5nn(C6CC6)cc5c3Cl)nn4C3CCCCO3)CC2)cc1F. The van der Waals surface area contributed by atoms with Crippen LogP contribution in [0.25, 0.3) is 33.3 Å². The van der Waals surface area contributed by atoms with Gasteiger partial charge in [-0.05, 0) is 64.0 Å². The molecule has 3 aliphatic rings. The molecule has 3 N–H and O–H groups in total. The number of aromatic nitrogens is 7. The Morgan fingerprint density at radius 1 is 1.17 bits per heavy atom. The van der Waals surface area contributed by atoms with Gasteiger partial charge >= 0.3 is 0 Å². The van der Waals surface area contributed by atoms with Gasteiger partial charge in [-0.25, -0.2) is 19.0 Å². The molecule has 14 heteroatoms. The number of aliphatic hydroxyl groups is 1. The summed E-state index contributed by atoms with van der Waals surface area (Å²) in [4.78, 5) is 16.3. The second-order valence-electron chi connectivity index (χ2n) is 13.5. The van der Waals surface area contributed by atoms with Crippen LogP contribution in [0.15, 0.2) is 30.6 Å². The first-order valence-electron chi connectivity index (χ1n) is 16.6. The highest BCUT2D eigenvalue weighted by Crippen LogP contribution is 2.42. The standard InChI is InChI=1S/C34H38ClFN10O2/c1-19-24(36)15-20(16-38-19)39-33(37)34(2)10-12-44(13-11-34)31-26(18-47)40-30-29(43-46(32(30)41-31)27-5-3-4-14-48-27)22-8-9-25-23(28(22)35)17-45(42-25)21-6-7-21/h8-9,15-17,21,27,47H,3-7,10-14,18H2,1-2H3,(H2,37,39). The number of nitrogens with zero attached hydrogens (tertiary/aromatic N) is 8. The van der Waals surface area contributed by atoms with Crippen LogP contribution in [-0.2, 0) is 11.3 Å². The molecule has 12 nitrogen and oxygen atoms in total. The van der Waals surface area contributed by atoms with Gasteiger partial charge in [0.25, 0.3) is 0 Å². The number of benzene rings is 1. The Morgan fingerprint density at radius 3 is 2.69 bits per heavy atom. The minimum atomic E-state index is -0.470. The number of aliphatic hydroxyl groups excluding tert-OH is 1. The molecular formula is C34H38ClFN10O2. The molecule has 1 aromatic carbocycles. The van der Waals surface area contributed by atoms with Crippen molar-refractivity contribution in [2.24, 2.45) is 5.41 Å². The van der Waals surface area contributed by atoms with E-state index in [4.69, 9.17) is 41.9 Å². The van der Waals surface area contributed by atoms with Gasteiger partial charge in [0.2, 0.25) is 0 Å². The summed E-state index contributed by atoms with van der Waals surface area (Å²) in [7, 11) is 0. The van der Waals surface area contributed by atoms with Crippen molar-refractivity contribution in [3.8, 4) is 11.3 Å². The highest BCUT2D eigenvalue weighted by Gasteiger charge is 2.36. The summed E-state index contributed by atoms with van der Waals surface area (Å²) in [6.07, 6.45) is 9.61. The highest BCUT2D eigenvalue weighted by atomic mass is 35.5. The number of fused-ring (bicyclic) bond motifs is 2. The lowest BCUT2D eigenvalue weighted by molar-refractivity contribution is -0.0368. The molecule has 1 aliphatic carbocycles. The van der Waals surface area contributed by atoms with E-state index in [1.807, 2.05) is 34.6 Å². The summed E-state index contributed by atoms with van der Waals surface area (Å²) in [5, 5.41) is 33.7. The Balaban J connectivity index is 1.13. The van der Waals surface area contributed by atoms with Gasteiger partial charge in [0.1, 0.15) is 28.6 Å². The monoisotopic (exact) mass is 672 g/mol. The van der Waals surface area contributed by atoms with Crippen LogP contribution in [0.3, 0.4) is 0 Å². The number of piperidine rings is 1. The van der Waals surface area contributed by atoms with Crippen LogP contribution in [0.4, 0.5) is 15.9 Å². The van der Waals surface area contributed by atoms with Gasteiger partial charge in [-0.15, -0.1) is 0 Å². The molecule has 4 aromatic heterocycles. The van der Waals surface area contributed by atoms with Crippen LogP contribution in [0, 0.1) is 23.6 Å². The van der Waals surface area contributed by atoms with Gasteiger partial charge in [-0.1, -0.05) is 18.5 Å². The number of ether oxygens (including phenoxy) is 1. The minimum Gasteiger partial charge on any atom is -0.390 e. The average molecular weight is 673 g/mol. The van der Waals surface area contributed by atoms with Crippen molar-refractivity contribution in [3.63, 3.8) is 0 Å². The summed E-state index contributed by atoms with van der Waals surface area (Å²) >= 11 is 7.07. The third-order valence-electron chi connectivity index (χ3n) is 10.0. The number of rotatable bonds is 7.